The van der Waals surface area contributed by atoms with Gasteiger partial charge in [-0.05, 0) is 26.1 Å². The largest absolute Gasteiger partial charge is 0.459 e. The van der Waals surface area contributed by atoms with Crippen LogP contribution in [0.3, 0.4) is 0 Å². The molecular weight excluding hydrogens is 238 g/mol. The third-order valence-electron chi connectivity index (χ3n) is 3.60. The number of para-hydroxylation sites is 1. The van der Waals surface area contributed by atoms with E-state index in [9.17, 15) is 0 Å². The number of nitrogens with one attached hydrogen (secondary N) is 1. The van der Waals surface area contributed by atoms with Crippen LogP contribution in [0.25, 0.3) is 11.0 Å². The predicted molar refractivity (Wildman–Crippen MR) is 75.1 cm³/mol. The van der Waals surface area contributed by atoms with Gasteiger partial charge in [0, 0.05) is 23.7 Å². The zero-order chi connectivity index (χ0) is 13.4. The third-order valence-corrected chi connectivity index (χ3v) is 3.60. The summed E-state index contributed by atoms with van der Waals surface area (Å²) in [6.45, 7) is 2.06. The van der Waals surface area contributed by atoms with Gasteiger partial charge in [-0.2, -0.15) is 5.10 Å². The summed E-state index contributed by atoms with van der Waals surface area (Å²) in [6.07, 6.45) is 1.89. The fraction of sp³-hybridized carbons (Fsp3) is 0.267. The summed E-state index contributed by atoms with van der Waals surface area (Å²) in [5.74, 6) is 0.916. The van der Waals surface area contributed by atoms with E-state index in [-0.39, 0.29) is 6.04 Å². The van der Waals surface area contributed by atoms with Gasteiger partial charge in [-0.1, -0.05) is 18.2 Å². The van der Waals surface area contributed by atoms with Crippen molar-refractivity contribution in [3.05, 3.63) is 53.5 Å². The number of nitrogens with zero attached hydrogens (tertiary/aromatic N) is 2. The number of fused-ring (bicyclic) bond motifs is 1. The topological polar surface area (TPSA) is 43.0 Å². The molecule has 0 aliphatic heterocycles. The van der Waals surface area contributed by atoms with Crippen molar-refractivity contribution in [3.8, 4) is 0 Å². The van der Waals surface area contributed by atoms with Crippen molar-refractivity contribution in [2.45, 2.75) is 13.0 Å². The van der Waals surface area contributed by atoms with E-state index in [2.05, 4.69) is 29.5 Å². The van der Waals surface area contributed by atoms with E-state index in [4.69, 9.17) is 4.42 Å². The van der Waals surface area contributed by atoms with E-state index in [1.165, 1.54) is 0 Å². The monoisotopic (exact) mass is 255 g/mol. The van der Waals surface area contributed by atoms with Crippen molar-refractivity contribution in [1.82, 2.24) is 15.1 Å². The third kappa shape index (κ3) is 1.94. The quantitative estimate of drug-likeness (QED) is 0.782. The van der Waals surface area contributed by atoms with Gasteiger partial charge in [0.2, 0.25) is 0 Å². The van der Waals surface area contributed by atoms with E-state index in [1.54, 1.807) is 0 Å². The normalized spacial score (nSPS) is 13.0. The van der Waals surface area contributed by atoms with Gasteiger partial charge in [0.15, 0.2) is 0 Å². The standard InChI is InChI=1S/C15H17N3O/c1-10-12(9-17-18(10)3)15(16-2)14-8-11-6-4-5-7-13(11)19-14/h4-9,15-16H,1-3H3. The molecule has 0 aliphatic rings. The Labute approximate surface area is 112 Å². The maximum Gasteiger partial charge on any atom is 0.134 e. The molecule has 0 radical (unpaired) electrons. The molecule has 1 atom stereocenters. The fourth-order valence-electron chi connectivity index (χ4n) is 2.39. The van der Waals surface area contributed by atoms with Gasteiger partial charge < -0.3 is 9.73 Å². The number of furan rings is 1. The highest BCUT2D eigenvalue weighted by atomic mass is 16.3. The van der Waals surface area contributed by atoms with Crippen LogP contribution in [-0.4, -0.2) is 16.8 Å². The highest BCUT2D eigenvalue weighted by molar-refractivity contribution is 5.78. The first-order valence-electron chi connectivity index (χ1n) is 6.35. The van der Waals surface area contributed by atoms with Crippen molar-refractivity contribution in [2.24, 2.45) is 7.05 Å². The lowest BCUT2D eigenvalue weighted by Crippen LogP contribution is -2.17. The van der Waals surface area contributed by atoms with Gasteiger partial charge >= 0.3 is 0 Å². The minimum Gasteiger partial charge on any atom is -0.459 e. The summed E-state index contributed by atoms with van der Waals surface area (Å²) in [5.41, 5.74) is 3.20. The molecule has 1 unspecified atom stereocenters. The highest BCUT2D eigenvalue weighted by Crippen LogP contribution is 2.29. The maximum atomic E-state index is 5.94. The Balaban J connectivity index is 2.09. The van der Waals surface area contributed by atoms with E-state index >= 15 is 0 Å². The second-order valence-electron chi connectivity index (χ2n) is 4.72. The van der Waals surface area contributed by atoms with Crippen LogP contribution in [0.5, 0.6) is 0 Å². The van der Waals surface area contributed by atoms with Gasteiger partial charge in [0.05, 0.1) is 12.2 Å². The first-order chi connectivity index (χ1) is 9.20. The smallest absolute Gasteiger partial charge is 0.134 e. The number of hydrogen-bond donors (Lipinski definition) is 1. The van der Waals surface area contributed by atoms with Crippen molar-refractivity contribution >= 4 is 11.0 Å². The summed E-state index contributed by atoms with van der Waals surface area (Å²) < 4.78 is 7.82. The van der Waals surface area contributed by atoms with Crippen LogP contribution in [0.2, 0.25) is 0 Å². The van der Waals surface area contributed by atoms with Gasteiger partial charge in [0.25, 0.3) is 0 Å². The Morgan fingerprint density at radius 1 is 1.32 bits per heavy atom. The van der Waals surface area contributed by atoms with Crippen LogP contribution in [0.4, 0.5) is 0 Å². The van der Waals surface area contributed by atoms with Crippen LogP contribution in [0.15, 0.2) is 40.9 Å². The predicted octanol–water partition coefficient (Wildman–Crippen LogP) is 2.78. The zero-order valence-corrected chi connectivity index (χ0v) is 11.3. The van der Waals surface area contributed by atoms with E-state index < -0.39 is 0 Å². The van der Waals surface area contributed by atoms with Crippen LogP contribution < -0.4 is 5.32 Å². The second kappa shape index (κ2) is 4.55. The molecular formula is C15H17N3O. The molecule has 0 saturated carbocycles. The molecule has 4 nitrogen and oxygen atoms in total. The SMILES string of the molecule is CNC(c1cc2ccccc2o1)c1cnn(C)c1C. The average Bonchev–Trinajstić information content (AvgIpc) is 2.98. The molecule has 0 amide bonds. The Bertz CT molecular complexity index is 678. The molecule has 98 valence electrons. The van der Waals surface area contributed by atoms with E-state index in [1.807, 2.05) is 43.2 Å². The van der Waals surface area contributed by atoms with Gasteiger partial charge in [-0.3, -0.25) is 4.68 Å². The molecule has 19 heavy (non-hydrogen) atoms. The summed E-state index contributed by atoms with van der Waals surface area (Å²) >= 11 is 0. The zero-order valence-electron chi connectivity index (χ0n) is 11.3. The molecule has 2 heterocycles. The molecule has 0 bridgehead atoms. The summed E-state index contributed by atoms with van der Waals surface area (Å²) in [7, 11) is 3.88. The molecule has 0 spiro atoms. The van der Waals surface area contributed by atoms with Crippen molar-refractivity contribution < 1.29 is 4.42 Å². The number of rotatable bonds is 3. The van der Waals surface area contributed by atoms with Crippen LogP contribution in [0, 0.1) is 6.92 Å². The molecule has 2 aromatic heterocycles. The Morgan fingerprint density at radius 2 is 2.11 bits per heavy atom. The van der Waals surface area contributed by atoms with E-state index in [0.29, 0.717) is 0 Å². The summed E-state index contributed by atoms with van der Waals surface area (Å²) in [5, 5.41) is 8.73. The molecule has 1 aromatic carbocycles. The average molecular weight is 255 g/mol. The van der Waals surface area contributed by atoms with Crippen LogP contribution in [0.1, 0.15) is 23.1 Å². The van der Waals surface area contributed by atoms with Crippen molar-refractivity contribution in [1.29, 1.82) is 0 Å². The van der Waals surface area contributed by atoms with Crippen LogP contribution >= 0.6 is 0 Å². The molecule has 3 rings (SSSR count). The minimum atomic E-state index is 0.0288. The number of aromatic nitrogens is 2. The lowest BCUT2D eigenvalue weighted by Gasteiger charge is -2.13. The molecule has 0 fully saturated rings. The molecule has 1 N–H and O–H groups in total. The van der Waals surface area contributed by atoms with Crippen molar-refractivity contribution in [2.75, 3.05) is 7.05 Å². The van der Waals surface area contributed by atoms with Gasteiger partial charge in [-0.25, -0.2) is 0 Å². The first-order valence-corrected chi connectivity index (χ1v) is 6.35. The number of benzene rings is 1. The summed E-state index contributed by atoms with van der Waals surface area (Å²) in [6, 6.07) is 10.2. The maximum absolute atomic E-state index is 5.94. The summed E-state index contributed by atoms with van der Waals surface area (Å²) in [4.78, 5) is 0. The minimum absolute atomic E-state index is 0.0288. The highest BCUT2D eigenvalue weighted by Gasteiger charge is 2.20. The fourth-order valence-corrected chi connectivity index (χ4v) is 2.39. The Morgan fingerprint density at radius 3 is 2.74 bits per heavy atom. The first kappa shape index (κ1) is 12.0. The van der Waals surface area contributed by atoms with E-state index in [0.717, 1.165) is 28.0 Å². The molecule has 4 heteroatoms. The lowest BCUT2D eigenvalue weighted by atomic mass is 10.1. The van der Waals surface area contributed by atoms with Crippen molar-refractivity contribution in [3.63, 3.8) is 0 Å². The number of aryl methyl sites for hydroxylation is 1. The Kier molecular flexibility index (Phi) is 2.87. The lowest BCUT2D eigenvalue weighted by molar-refractivity contribution is 0.490. The van der Waals surface area contributed by atoms with Gasteiger partial charge in [-0.15, -0.1) is 0 Å². The molecule has 0 aliphatic carbocycles. The molecule has 0 saturated heterocycles. The van der Waals surface area contributed by atoms with Crippen LogP contribution in [-0.2, 0) is 7.05 Å². The van der Waals surface area contributed by atoms with Gasteiger partial charge in [0.1, 0.15) is 11.3 Å². The number of hydrogen-bond acceptors (Lipinski definition) is 3. The second-order valence-corrected chi connectivity index (χ2v) is 4.72. The Hall–Kier alpha value is -2.07. The molecule has 3 aromatic rings.